The van der Waals surface area contributed by atoms with Crippen LogP contribution in [-0.4, -0.2) is 55.3 Å². The van der Waals surface area contributed by atoms with Gasteiger partial charge in [-0.2, -0.15) is 0 Å². The van der Waals surface area contributed by atoms with Gasteiger partial charge in [-0.15, -0.1) is 11.6 Å². The molecule has 0 spiro atoms. The molecule has 1 aliphatic heterocycles. The predicted molar refractivity (Wildman–Crippen MR) is 67.8 cm³/mol. The standard InChI is InChI=1S/C12H23ClN2O/c1-14-8-6-11(9-14)10-15(2)12(16)5-3-4-7-13/h11H,3-10H2,1-2H3. The van der Waals surface area contributed by atoms with E-state index in [4.69, 9.17) is 11.6 Å². The Bertz CT molecular complexity index is 223. The van der Waals surface area contributed by atoms with Gasteiger partial charge in [0, 0.05) is 32.4 Å². The van der Waals surface area contributed by atoms with Crippen LogP contribution < -0.4 is 0 Å². The predicted octanol–water partition coefficient (Wildman–Crippen LogP) is 1.81. The van der Waals surface area contributed by atoms with E-state index in [1.807, 2.05) is 11.9 Å². The second-order valence-electron chi connectivity index (χ2n) is 4.84. The summed E-state index contributed by atoms with van der Waals surface area (Å²) in [6, 6.07) is 0. The Morgan fingerprint density at radius 3 is 2.81 bits per heavy atom. The molecule has 0 aliphatic carbocycles. The lowest BCUT2D eigenvalue weighted by Crippen LogP contribution is -2.32. The number of unbranched alkanes of at least 4 members (excludes halogenated alkanes) is 1. The lowest BCUT2D eigenvalue weighted by Gasteiger charge is -2.21. The molecule has 1 unspecified atom stereocenters. The van der Waals surface area contributed by atoms with Crippen LogP contribution in [0.25, 0.3) is 0 Å². The highest BCUT2D eigenvalue weighted by atomic mass is 35.5. The Hall–Kier alpha value is -0.280. The van der Waals surface area contributed by atoms with Crippen molar-refractivity contribution in [2.45, 2.75) is 25.7 Å². The second kappa shape index (κ2) is 7.13. The minimum Gasteiger partial charge on any atom is -0.345 e. The molecule has 3 nitrogen and oxygen atoms in total. The lowest BCUT2D eigenvalue weighted by atomic mass is 10.1. The van der Waals surface area contributed by atoms with Crippen LogP contribution in [0.1, 0.15) is 25.7 Å². The van der Waals surface area contributed by atoms with E-state index >= 15 is 0 Å². The van der Waals surface area contributed by atoms with Crippen LogP contribution >= 0.6 is 11.6 Å². The van der Waals surface area contributed by atoms with Crippen molar-refractivity contribution in [3.05, 3.63) is 0 Å². The number of carbonyl (C=O) groups excluding carboxylic acids is 1. The van der Waals surface area contributed by atoms with Crippen molar-refractivity contribution < 1.29 is 4.79 Å². The monoisotopic (exact) mass is 246 g/mol. The van der Waals surface area contributed by atoms with E-state index in [0.717, 1.165) is 25.9 Å². The molecule has 94 valence electrons. The highest BCUT2D eigenvalue weighted by Crippen LogP contribution is 2.15. The molecule has 0 bridgehead atoms. The Morgan fingerprint density at radius 1 is 1.50 bits per heavy atom. The minimum absolute atomic E-state index is 0.264. The summed E-state index contributed by atoms with van der Waals surface area (Å²) in [7, 11) is 4.06. The fourth-order valence-electron chi connectivity index (χ4n) is 2.23. The van der Waals surface area contributed by atoms with Gasteiger partial charge in [-0.3, -0.25) is 4.79 Å². The number of alkyl halides is 1. The lowest BCUT2D eigenvalue weighted by molar-refractivity contribution is -0.130. The van der Waals surface area contributed by atoms with Gasteiger partial charge in [0.15, 0.2) is 0 Å². The summed E-state index contributed by atoms with van der Waals surface area (Å²) in [4.78, 5) is 16.0. The third-order valence-electron chi connectivity index (χ3n) is 3.22. The molecule has 1 fully saturated rings. The summed E-state index contributed by atoms with van der Waals surface area (Å²) in [6.07, 6.45) is 3.71. The number of nitrogens with zero attached hydrogens (tertiary/aromatic N) is 2. The second-order valence-corrected chi connectivity index (χ2v) is 5.22. The Balaban J connectivity index is 2.18. The molecule has 0 radical (unpaired) electrons. The molecule has 0 aromatic heterocycles. The van der Waals surface area contributed by atoms with Gasteiger partial charge in [-0.25, -0.2) is 0 Å². The Kier molecular flexibility index (Phi) is 6.14. The summed E-state index contributed by atoms with van der Waals surface area (Å²) in [5, 5.41) is 0. The van der Waals surface area contributed by atoms with E-state index in [2.05, 4.69) is 11.9 Å². The number of hydrogen-bond donors (Lipinski definition) is 0. The van der Waals surface area contributed by atoms with Crippen LogP contribution in [0, 0.1) is 5.92 Å². The van der Waals surface area contributed by atoms with Crippen molar-refractivity contribution in [1.82, 2.24) is 9.80 Å². The zero-order chi connectivity index (χ0) is 12.0. The van der Waals surface area contributed by atoms with E-state index in [-0.39, 0.29) is 5.91 Å². The first-order valence-corrected chi connectivity index (χ1v) is 6.65. The van der Waals surface area contributed by atoms with E-state index in [9.17, 15) is 4.79 Å². The van der Waals surface area contributed by atoms with Crippen molar-refractivity contribution in [1.29, 1.82) is 0 Å². The number of halogens is 1. The van der Waals surface area contributed by atoms with Gasteiger partial charge in [-0.05, 0) is 38.8 Å². The van der Waals surface area contributed by atoms with Crippen LogP contribution in [0.5, 0.6) is 0 Å². The maximum absolute atomic E-state index is 11.8. The molecule has 0 saturated carbocycles. The van der Waals surface area contributed by atoms with Gasteiger partial charge in [0.1, 0.15) is 0 Å². The summed E-state index contributed by atoms with van der Waals surface area (Å²) in [6.45, 7) is 3.20. The number of likely N-dealkylation sites (tertiary alicyclic amines) is 1. The Labute approximate surface area is 104 Å². The van der Waals surface area contributed by atoms with E-state index < -0.39 is 0 Å². The number of rotatable bonds is 6. The molecule has 1 heterocycles. The number of amides is 1. The van der Waals surface area contributed by atoms with E-state index in [1.165, 1.54) is 13.0 Å². The molecule has 1 aliphatic rings. The first-order valence-electron chi connectivity index (χ1n) is 6.12. The Morgan fingerprint density at radius 2 is 2.25 bits per heavy atom. The third kappa shape index (κ3) is 4.71. The van der Waals surface area contributed by atoms with Gasteiger partial charge in [0.2, 0.25) is 5.91 Å². The van der Waals surface area contributed by atoms with Crippen molar-refractivity contribution in [2.75, 3.05) is 39.6 Å². The molecule has 1 atom stereocenters. The molecule has 1 amide bonds. The molecule has 0 aromatic rings. The van der Waals surface area contributed by atoms with Gasteiger partial charge < -0.3 is 9.80 Å². The van der Waals surface area contributed by atoms with Crippen LogP contribution in [0.15, 0.2) is 0 Å². The largest absolute Gasteiger partial charge is 0.345 e. The van der Waals surface area contributed by atoms with E-state index in [0.29, 0.717) is 18.2 Å². The van der Waals surface area contributed by atoms with Crippen LogP contribution in [-0.2, 0) is 4.79 Å². The zero-order valence-corrected chi connectivity index (χ0v) is 11.2. The molecule has 0 N–H and O–H groups in total. The number of carbonyl (C=O) groups is 1. The summed E-state index contributed by atoms with van der Waals surface area (Å²) in [5.41, 5.74) is 0. The van der Waals surface area contributed by atoms with Gasteiger partial charge >= 0.3 is 0 Å². The molecule has 0 aromatic carbocycles. The molecule has 1 rings (SSSR count). The maximum atomic E-state index is 11.8. The van der Waals surface area contributed by atoms with Crippen molar-refractivity contribution >= 4 is 17.5 Å². The first kappa shape index (κ1) is 13.8. The van der Waals surface area contributed by atoms with Gasteiger partial charge in [-0.1, -0.05) is 0 Å². The minimum atomic E-state index is 0.264. The van der Waals surface area contributed by atoms with Crippen molar-refractivity contribution in [3.8, 4) is 0 Å². The molecule has 1 saturated heterocycles. The average molecular weight is 247 g/mol. The van der Waals surface area contributed by atoms with Gasteiger partial charge in [0.05, 0.1) is 0 Å². The quantitative estimate of drug-likeness (QED) is 0.527. The van der Waals surface area contributed by atoms with E-state index in [1.54, 1.807) is 0 Å². The van der Waals surface area contributed by atoms with Crippen LogP contribution in [0.3, 0.4) is 0 Å². The molecule has 16 heavy (non-hydrogen) atoms. The smallest absolute Gasteiger partial charge is 0.222 e. The summed E-state index contributed by atoms with van der Waals surface area (Å²) < 4.78 is 0. The highest BCUT2D eigenvalue weighted by molar-refractivity contribution is 6.17. The molecule has 4 heteroatoms. The zero-order valence-electron chi connectivity index (χ0n) is 10.4. The van der Waals surface area contributed by atoms with Crippen LogP contribution in [0.2, 0.25) is 0 Å². The van der Waals surface area contributed by atoms with Crippen LogP contribution in [0.4, 0.5) is 0 Å². The SMILES string of the molecule is CN1CCC(CN(C)C(=O)CCCCCl)C1. The fraction of sp³-hybridized carbons (Fsp3) is 0.917. The topological polar surface area (TPSA) is 23.6 Å². The number of hydrogen-bond acceptors (Lipinski definition) is 2. The van der Waals surface area contributed by atoms with Gasteiger partial charge in [0.25, 0.3) is 0 Å². The van der Waals surface area contributed by atoms with Crippen molar-refractivity contribution in [3.63, 3.8) is 0 Å². The molecular weight excluding hydrogens is 224 g/mol. The molecular formula is C12H23ClN2O. The fourth-order valence-corrected chi connectivity index (χ4v) is 2.42. The third-order valence-corrected chi connectivity index (χ3v) is 3.49. The highest BCUT2D eigenvalue weighted by Gasteiger charge is 2.22. The van der Waals surface area contributed by atoms with Crippen molar-refractivity contribution in [2.24, 2.45) is 5.92 Å². The first-order chi connectivity index (χ1) is 7.63. The summed E-state index contributed by atoms with van der Waals surface area (Å²) in [5.74, 6) is 1.58. The normalized spacial score (nSPS) is 21.3. The summed E-state index contributed by atoms with van der Waals surface area (Å²) >= 11 is 5.59. The maximum Gasteiger partial charge on any atom is 0.222 e. The average Bonchev–Trinajstić information content (AvgIpc) is 2.64.